The molecular weight excluding hydrogens is 356 g/mol. The average molecular weight is 382 g/mol. The molecule has 6 nitrogen and oxygen atoms in total. The number of aromatic hydroxyl groups is 2. The molecule has 0 amide bonds. The first kappa shape index (κ1) is 19.9. The lowest BCUT2D eigenvalue weighted by molar-refractivity contribution is 0.0974. The van der Waals surface area contributed by atoms with Crippen LogP contribution in [-0.2, 0) is 0 Å². The largest absolute Gasteiger partial charge is 0.507 e. The highest BCUT2D eigenvalue weighted by atomic mass is 16.3. The number of benzene rings is 2. The predicted molar refractivity (Wildman–Crippen MR) is 109 cm³/mol. The molecule has 0 heterocycles. The summed E-state index contributed by atoms with van der Waals surface area (Å²) in [6.07, 6.45) is 3.15. The van der Waals surface area contributed by atoms with Gasteiger partial charge >= 0.3 is 0 Å². The third-order valence-corrected chi connectivity index (χ3v) is 5.08. The number of ketones is 2. The van der Waals surface area contributed by atoms with E-state index in [1.54, 1.807) is 24.3 Å². The first-order valence-electron chi connectivity index (χ1n) is 9.65. The molecule has 148 valence electrons. The molecule has 0 aromatic heterocycles. The Hall–Kier alpha value is -2.86. The van der Waals surface area contributed by atoms with Gasteiger partial charge in [0, 0.05) is 23.7 Å². The summed E-state index contributed by atoms with van der Waals surface area (Å²) in [6.45, 7) is 4.67. The molecule has 0 unspecified atom stereocenters. The van der Waals surface area contributed by atoms with Crippen LogP contribution in [0.4, 0.5) is 5.69 Å². The highest BCUT2D eigenvalue weighted by molar-refractivity contribution is 6.30. The zero-order chi connectivity index (χ0) is 20.3. The normalized spacial score (nSPS) is 12.8. The summed E-state index contributed by atoms with van der Waals surface area (Å²) in [7, 11) is 2.07. The molecule has 28 heavy (non-hydrogen) atoms. The molecule has 0 saturated heterocycles. The Bertz CT molecular complexity index is 908. The van der Waals surface area contributed by atoms with Crippen LogP contribution in [0.2, 0.25) is 0 Å². The maximum absolute atomic E-state index is 12.8. The van der Waals surface area contributed by atoms with E-state index in [4.69, 9.17) is 0 Å². The standard InChI is InChI=1S/C22H26N2O4/c1-3-4-11-24(2)12-7-10-23-16-13-17(25)18-19(22(16)28)21(27)15-9-6-5-8-14(15)20(18)26/h5-6,8-9,13,23,25,28H,3-4,7,10-12H2,1-2H3. The lowest BCUT2D eigenvalue weighted by Crippen LogP contribution is -2.23. The van der Waals surface area contributed by atoms with Gasteiger partial charge in [-0.3, -0.25) is 9.59 Å². The number of rotatable bonds is 8. The van der Waals surface area contributed by atoms with Crippen LogP contribution in [0.15, 0.2) is 30.3 Å². The van der Waals surface area contributed by atoms with E-state index < -0.39 is 11.6 Å². The fraction of sp³-hybridized carbons (Fsp3) is 0.364. The fourth-order valence-corrected chi connectivity index (χ4v) is 3.50. The van der Waals surface area contributed by atoms with Gasteiger partial charge in [0.25, 0.3) is 0 Å². The Balaban J connectivity index is 1.79. The molecule has 3 N–H and O–H groups in total. The molecule has 3 rings (SSSR count). The number of phenolic OH excluding ortho intramolecular Hbond substituents is 2. The number of carbonyl (C=O) groups excluding carboxylic acids is 2. The molecule has 0 atom stereocenters. The summed E-state index contributed by atoms with van der Waals surface area (Å²) in [6, 6.07) is 7.76. The molecule has 0 radical (unpaired) electrons. The molecule has 0 fully saturated rings. The molecule has 2 aromatic rings. The predicted octanol–water partition coefficient (Wildman–Crippen LogP) is 3.41. The third kappa shape index (κ3) is 3.73. The third-order valence-electron chi connectivity index (χ3n) is 5.08. The van der Waals surface area contributed by atoms with Crippen LogP contribution in [0.5, 0.6) is 11.5 Å². The van der Waals surface area contributed by atoms with E-state index in [2.05, 4.69) is 24.2 Å². The van der Waals surface area contributed by atoms with Gasteiger partial charge in [0.2, 0.25) is 0 Å². The van der Waals surface area contributed by atoms with E-state index in [0.717, 1.165) is 32.4 Å². The van der Waals surface area contributed by atoms with Crippen molar-refractivity contribution in [2.75, 3.05) is 32.0 Å². The van der Waals surface area contributed by atoms with Crippen LogP contribution in [0, 0.1) is 0 Å². The summed E-state index contributed by atoms with van der Waals surface area (Å²) in [5.41, 5.74) is 0.472. The van der Waals surface area contributed by atoms with Crippen molar-refractivity contribution >= 4 is 17.3 Å². The SMILES string of the molecule is CCCCN(C)CCCNc1cc(O)c2c(c1O)C(=O)c1ccccc1C2=O. The topological polar surface area (TPSA) is 89.9 Å². The Labute approximate surface area is 164 Å². The van der Waals surface area contributed by atoms with Gasteiger partial charge in [-0.15, -0.1) is 0 Å². The summed E-state index contributed by atoms with van der Waals surface area (Å²) >= 11 is 0. The van der Waals surface area contributed by atoms with E-state index in [1.165, 1.54) is 6.07 Å². The fourth-order valence-electron chi connectivity index (χ4n) is 3.50. The Morgan fingerprint density at radius 3 is 2.21 bits per heavy atom. The summed E-state index contributed by atoms with van der Waals surface area (Å²) < 4.78 is 0. The van der Waals surface area contributed by atoms with E-state index in [1.807, 2.05) is 0 Å². The second kappa shape index (κ2) is 8.44. The Kier molecular flexibility index (Phi) is 5.99. The van der Waals surface area contributed by atoms with Crippen molar-refractivity contribution in [1.29, 1.82) is 0 Å². The first-order valence-corrected chi connectivity index (χ1v) is 9.65. The maximum atomic E-state index is 12.8. The van der Waals surface area contributed by atoms with Crippen LogP contribution >= 0.6 is 0 Å². The number of anilines is 1. The number of nitrogens with zero attached hydrogens (tertiary/aromatic N) is 1. The van der Waals surface area contributed by atoms with E-state index in [-0.39, 0.29) is 39.4 Å². The molecule has 0 bridgehead atoms. The highest BCUT2D eigenvalue weighted by Gasteiger charge is 2.35. The quantitative estimate of drug-likeness (QED) is 0.314. The second-order valence-corrected chi connectivity index (χ2v) is 7.18. The van der Waals surface area contributed by atoms with E-state index in [0.29, 0.717) is 6.54 Å². The first-order chi connectivity index (χ1) is 13.5. The average Bonchev–Trinajstić information content (AvgIpc) is 2.69. The number of carbonyl (C=O) groups is 2. The Morgan fingerprint density at radius 2 is 1.57 bits per heavy atom. The number of nitrogens with one attached hydrogen (secondary N) is 1. The number of hydrogen-bond acceptors (Lipinski definition) is 6. The number of unbranched alkanes of at least 4 members (excludes halogenated alkanes) is 1. The summed E-state index contributed by atoms with van der Waals surface area (Å²) in [5.74, 6) is -1.51. The minimum Gasteiger partial charge on any atom is -0.507 e. The maximum Gasteiger partial charge on any atom is 0.198 e. The molecule has 0 spiro atoms. The van der Waals surface area contributed by atoms with Crippen molar-refractivity contribution < 1.29 is 19.8 Å². The smallest absolute Gasteiger partial charge is 0.198 e. The zero-order valence-corrected chi connectivity index (χ0v) is 16.3. The zero-order valence-electron chi connectivity index (χ0n) is 16.3. The van der Waals surface area contributed by atoms with Crippen molar-refractivity contribution in [3.63, 3.8) is 0 Å². The van der Waals surface area contributed by atoms with Gasteiger partial charge in [0.05, 0.1) is 16.8 Å². The van der Waals surface area contributed by atoms with Gasteiger partial charge < -0.3 is 20.4 Å². The second-order valence-electron chi connectivity index (χ2n) is 7.18. The molecule has 6 heteroatoms. The summed E-state index contributed by atoms with van der Waals surface area (Å²) in [5, 5.41) is 24.1. The minimum atomic E-state index is -0.457. The van der Waals surface area contributed by atoms with Crippen molar-refractivity contribution in [2.45, 2.75) is 26.2 Å². The van der Waals surface area contributed by atoms with Gasteiger partial charge in [-0.25, -0.2) is 0 Å². The van der Waals surface area contributed by atoms with Gasteiger partial charge in [0.15, 0.2) is 17.3 Å². The number of hydrogen-bond donors (Lipinski definition) is 3. The molecular formula is C22H26N2O4. The van der Waals surface area contributed by atoms with Crippen molar-refractivity contribution in [3.05, 3.63) is 52.6 Å². The highest BCUT2D eigenvalue weighted by Crippen LogP contribution is 2.42. The van der Waals surface area contributed by atoms with Gasteiger partial charge in [-0.1, -0.05) is 37.6 Å². The van der Waals surface area contributed by atoms with Crippen molar-refractivity contribution in [2.24, 2.45) is 0 Å². The monoisotopic (exact) mass is 382 g/mol. The molecule has 1 aliphatic carbocycles. The molecule has 0 saturated carbocycles. The lowest BCUT2D eigenvalue weighted by Gasteiger charge is -2.21. The lowest BCUT2D eigenvalue weighted by atomic mass is 9.82. The number of fused-ring (bicyclic) bond motifs is 2. The molecule has 1 aliphatic rings. The van der Waals surface area contributed by atoms with Gasteiger partial charge in [-0.05, 0) is 33.0 Å². The van der Waals surface area contributed by atoms with Crippen LogP contribution in [-0.4, -0.2) is 53.4 Å². The Morgan fingerprint density at radius 1 is 0.964 bits per heavy atom. The van der Waals surface area contributed by atoms with Crippen LogP contribution in [0.3, 0.4) is 0 Å². The minimum absolute atomic E-state index is 0.133. The number of phenols is 2. The van der Waals surface area contributed by atoms with E-state index >= 15 is 0 Å². The summed E-state index contributed by atoms with van der Waals surface area (Å²) in [4.78, 5) is 27.8. The van der Waals surface area contributed by atoms with Crippen LogP contribution in [0.25, 0.3) is 0 Å². The molecule has 0 aliphatic heterocycles. The van der Waals surface area contributed by atoms with Crippen LogP contribution in [0.1, 0.15) is 58.0 Å². The van der Waals surface area contributed by atoms with Gasteiger partial charge in [0.1, 0.15) is 5.75 Å². The molecule has 2 aromatic carbocycles. The van der Waals surface area contributed by atoms with Crippen molar-refractivity contribution in [3.8, 4) is 11.5 Å². The van der Waals surface area contributed by atoms with Crippen molar-refractivity contribution in [1.82, 2.24) is 4.90 Å². The van der Waals surface area contributed by atoms with E-state index in [9.17, 15) is 19.8 Å². The van der Waals surface area contributed by atoms with Gasteiger partial charge in [-0.2, -0.15) is 0 Å². The van der Waals surface area contributed by atoms with Crippen LogP contribution < -0.4 is 5.32 Å².